The maximum Gasteiger partial charge on any atom is 0.130 e. The molecule has 0 heterocycles. The molecule has 3 nitrogen and oxygen atoms in total. The molecule has 2 N–H and O–H groups in total. The Bertz CT molecular complexity index is 463. The lowest BCUT2D eigenvalue weighted by Crippen LogP contribution is -2.22. The quantitative estimate of drug-likeness (QED) is 0.774. The smallest absolute Gasteiger partial charge is 0.130 e. The third-order valence-electron chi connectivity index (χ3n) is 3.11. The lowest BCUT2D eigenvalue weighted by Gasteiger charge is -2.22. The molecular formula is C13H15Br2NO2. The van der Waals surface area contributed by atoms with Gasteiger partial charge in [-0.25, -0.2) is 0 Å². The Balaban J connectivity index is 2.11. The van der Waals surface area contributed by atoms with Crippen molar-refractivity contribution in [1.29, 1.82) is 0 Å². The van der Waals surface area contributed by atoms with Crippen LogP contribution in [0.25, 0.3) is 0 Å². The molecule has 0 unspecified atom stereocenters. The summed E-state index contributed by atoms with van der Waals surface area (Å²) in [6.07, 6.45) is 5.20. The van der Waals surface area contributed by atoms with Gasteiger partial charge in [0.1, 0.15) is 5.75 Å². The molecule has 1 aromatic rings. The van der Waals surface area contributed by atoms with E-state index in [4.69, 9.17) is 0 Å². The number of hydrogen-bond donors (Lipinski definition) is 2. The Morgan fingerprint density at radius 2 is 2.00 bits per heavy atom. The van der Waals surface area contributed by atoms with Gasteiger partial charge in [-0.1, -0.05) is 15.9 Å². The zero-order valence-electron chi connectivity index (χ0n) is 9.81. The molecular weight excluding hydrogens is 362 g/mol. The molecule has 0 spiro atoms. The number of hydrogen-bond acceptors (Lipinski definition) is 3. The van der Waals surface area contributed by atoms with Gasteiger partial charge in [0.15, 0.2) is 0 Å². The number of aromatic hydroxyl groups is 1. The topological polar surface area (TPSA) is 52.8 Å². The van der Waals surface area contributed by atoms with Gasteiger partial charge in [0.05, 0.1) is 16.6 Å². The molecule has 98 valence electrons. The van der Waals surface area contributed by atoms with Crippen LogP contribution in [-0.4, -0.2) is 28.6 Å². The Hall–Kier alpha value is -0.390. The SMILES string of the molecule is Oc1cc(C=N[C@@H]2CCC[C@H](O)C2)c(Br)cc1Br. The summed E-state index contributed by atoms with van der Waals surface area (Å²) in [5.41, 5.74) is 0.843. The third kappa shape index (κ3) is 3.56. The van der Waals surface area contributed by atoms with E-state index in [2.05, 4.69) is 36.9 Å². The summed E-state index contributed by atoms with van der Waals surface area (Å²) in [5, 5.41) is 19.2. The van der Waals surface area contributed by atoms with Gasteiger partial charge in [-0.15, -0.1) is 0 Å². The number of aliphatic hydroxyl groups excluding tert-OH is 1. The highest BCUT2D eigenvalue weighted by molar-refractivity contribution is 9.11. The molecule has 0 aromatic heterocycles. The molecule has 0 bridgehead atoms. The van der Waals surface area contributed by atoms with Gasteiger partial charge in [-0.05, 0) is 53.7 Å². The lowest BCUT2D eigenvalue weighted by atomic mass is 9.93. The standard InChI is InChI=1S/C13H15Br2NO2/c14-11-6-12(15)13(18)4-8(11)7-16-9-2-1-3-10(17)5-9/h4,6-7,9-10,17-18H,1-3,5H2/t9-,10+/m1/s1. The summed E-state index contributed by atoms with van der Waals surface area (Å²) in [6, 6.07) is 3.65. The molecule has 2 rings (SSSR count). The van der Waals surface area contributed by atoms with E-state index in [-0.39, 0.29) is 17.9 Å². The summed E-state index contributed by atoms with van der Waals surface area (Å²) < 4.78 is 1.53. The molecule has 1 saturated carbocycles. The summed E-state index contributed by atoms with van der Waals surface area (Å²) in [5.74, 6) is 0.198. The van der Waals surface area contributed by atoms with Crippen LogP contribution in [0, 0.1) is 0 Å². The van der Waals surface area contributed by atoms with Crippen LogP contribution in [0.3, 0.4) is 0 Å². The van der Waals surface area contributed by atoms with Crippen molar-refractivity contribution in [3.8, 4) is 5.75 Å². The van der Waals surface area contributed by atoms with Crippen molar-refractivity contribution < 1.29 is 10.2 Å². The van der Waals surface area contributed by atoms with Crippen LogP contribution in [0.2, 0.25) is 0 Å². The second-order valence-corrected chi connectivity index (χ2v) is 6.29. The maximum atomic E-state index is 9.63. The van der Waals surface area contributed by atoms with Gasteiger partial charge < -0.3 is 10.2 Å². The number of phenols is 1. The molecule has 1 aliphatic carbocycles. The van der Waals surface area contributed by atoms with Crippen LogP contribution in [-0.2, 0) is 0 Å². The Morgan fingerprint density at radius 1 is 1.22 bits per heavy atom. The molecule has 0 radical (unpaired) electrons. The van der Waals surface area contributed by atoms with Crippen molar-refractivity contribution in [1.82, 2.24) is 0 Å². The molecule has 5 heteroatoms. The lowest BCUT2D eigenvalue weighted by molar-refractivity contribution is 0.121. The summed E-state index contributed by atoms with van der Waals surface area (Å²) in [7, 11) is 0. The van der Waals surface area contributed by atoms with E-state index in [1.807, 2.05) is 0 Å². The Morgan fingerprint density at radius 3 is 2.72 bits per heavy atom. The number of aliphatic imine (C=N–C) groups is 1. The van der Waals surface area contributed by atoms with E-state index in [1.165, 1.54) is 0 Å². The number of nitrogens with zero attached hydrogens (tertiary/aromatic N) is 1. The largest absolute Gasteiger partial charge is 0.507 e. The summed E-state index contributed by atoms with van der Waals surface area (Å²) in [4.78, 5) is 4.49. The average Bonchev–Trinajstić information content (AvgIpc) is 2.32. The van der Waals surface area contributed by atoms with Crippen LogP contribution in [0.15, 0.2) is 26.1 Å². The Kier molecular flexibility index (Phi) is 4.81. The molecule has 2 atom stereocenters. The number of rotatable bonds is 2. The molecule has 18 heavy (non-hydrogen) atoms. The fourth-order valence-electron chi connectivity index (χ4n) is 2.11. The van der Waals surface area contributed by atoms with Crippen molar-refractivity contribution in [2.24, 2.45) is 4.99 Å². The van der Waals surface area contributed by atoms with Crippen molar-refractivity contribution in [2.75, 3.05) is 0 Å². The van der Waals surface area contributed by atoms with Gasteiger partial charge >= 0.3 is 0 Å². The number of phenolic OH excluding ortho intramolecular Hbond substituents is 1. The van der Waals surface area contributed by atoms with Gasteiger partial charge in [0.2, 0.25) is 0 Å². The highest BCUT2D eigenvalue weighted by Gasteiger charge is 2.18. The second-order valence-electron chi connectivity index (χ2n) is 4.58. The van der Waals surface area contributed by atoms with Crippen LogP contribution in [0.5, 0.6) is 5.75 Å². The summed E-state index contributed by atoms with van der Waals surface area (Å²) in [6.45, 7) is 0. The molecule has 1 aromatic carbocycles. The van der Waals surface area contributed by atoms with E-state index in [0.717, 1.165) is 35.7 Å². The minimum absolute atomic E-state index is 0.187. The van der Waals surface area contributed by atoms with Crippen LogP contribution in [0.4, 0.5) is 0 Å². The number of halogens is 2. The van der Waals surface area contributed by atoms with E-state index in [1.54, 1.807) is 18.3 Å². The molecule has 0 aliphatic heterocycles. The third-order valence-corrected chi connectivity index (χ3v) is 4.43. The minimum Gasteiger partial charge on any atom is -0.507 e. The Labute approximate surface area is 123 Å². The first-order chi connectivity index (χ1) is 8.56. The van der Waals surface area contributed by atoms with Crippen molar-refractivity contribution >= 4 is 38.1 Å². The first kappa shape index (κ1) is 14.0. The van der Waals surface area contributed by atoms with E-state index in [0.29, 0.717) is 4.47 Å². The molecule has 1 fully saturated rings. The zero-order chi connectivity index (χ0) is 13.1. The van der Waals surface area contributed by atoms with Crippen molar-refractivity contribution in [2.45, 2.75) is 37.8 Å². The van der Waals surface area contributed by atoms with Crippen LogP contribution < -0.4 is 0 Å². The van der Waals surface area contributed by atoms with E-state index in [9.17, 15) is 10.2 Å². The average molecular weight is 377 g/mol. The maximum absolute atomic E-state index is 9.63. The zero-order valence-corrected chi connectivity index (χ0v) is 13.0. The highest BCUT2D eigenvalue weighted by atomic mass is 79.9. The number of benzene rings is 1. The number of aliphatic hydroxyl groups is 1. The highest BCUT2D eigenvalue weighted by Crippen LogP contribution is 2.30. The minimum atomic E-state index is -0.220. The first-order valence-electron chi connectivity index (χ1n) is 5.95. The monoisotopic (exact) mass is 375 g/mol. The van der Waals surface area contributed by atoms with Crippen molar-refractivity contribution in [3.63, 3.8) is 0 Å². The van der Waals surface area contributed by atoms with Gasteiger partial charge in [0.25, 0.3) is 0 Å². The predicted octanol–water partition coefficient (Wildman–Crippen LogP) is 3.64. The van der Waals surface area contributed by atoms with Gasteiger partial charge in [0, 0.05) is 16.3 Å². The fourth-order valence-corrected chi connectivity index (χ4v) is 3.21. The molecule has 1 aliphatic rings. The van der Waals surface area contributed by atoms with Crippen LogP contribution >= 0.6 is 31.9 Å². The van der Waals surface area contributed by atoms with Gasteiger partial charge in [-0.2, -0.15) is 0 Å². The normalized spacial score (nSPS) is 24.6. The van der Waals surface area contributed by atoms with Crippen molar-refractivity contribution in [3.05, 3.63) is 26.6 Å². The summed E-state index contributed by atoms with van der Waals surface area (Å²) >= 11 is 6.69. The van der Waals surface area contributed by atoms with Crippen LogP contribution in [0.1, 0.15) is 31.2 Å². The van der Waals surface area contributed by atoms with E-state index < -0.39 is 0 Å². The molecule has 0 amide bonds. The fraction of sp³-hybridized carbons (Fsp3) is 0.462. The van der Waals surface area contributed by atoms with Gasteiger partial charge in [-0.3, -0.25) is 4.99 Å². The molecule has 0 saturated heterocycles. The van der Waals surface area contributed by atoms with E-state index >= 15 is 0 Å². The first-order valence-corrected chi connectivity index (χ1v) is 7.54. The second kappa shape index (κ2) is 6.17. The predicted molar refractivity (Wildman–Crippen MR) is 79.4 cm³/mol.